The molecule has 1 aromatic rings. The topological polar surface area (TPSA) is 114 Å². The van der Waals surface area contributed by atoms with Crippen LogP contribution in [0.2, 0.25) is 0 Å². The predicted octanol–water partition coefficient (Wildman–Crippen LogP) is 1.22. The van der Waals surface area contributed by atoms with Crippen molar-refractivity contribution in [2.24, 2.45) is 15.9 Å². The number of ether oxygens (including phenoxy) is 3. The number of carbonyl (C=O) groups is 2. The van der Waals surface area contributed by atoms with Gasteiger partial charge >= 0.3 is 0 Å². The highest BCUT2D eigenvalue weighted by atomic mass is 35.5. The van der Waals surface area contributed by atoms with Crippen molar-refractivity contribution in [3.63, 3.8) is 0 Å². The SMILES string of the molecule is COc1cc(CN2C(=O)C(=O)C3C(Cl)=NC(=N)N=C32)cc(OC)c1OC. The van der Waals surface area contributed by atoms with Crippen molar-refractivity contribution in [1.29, 1.82) is 5.41 Å². The van der Waals surface area contributed by atoms with Crippen LogP contribution >= 0.6 is 11.6 Å². The lowest BCUT2D eigenvalue weighted by atomic mass is 10.1. The third-order valence-electron chi connectivity index (χ3n) is 3.99. The molecule has 0 aliphatic carbocycles. The maximum absolute atomic E-state index is 12.4. The summed E-state index contributed by atoms with van der Waals surface area (Å²) in [6.07, 6.45) is 0. The van der Waals surface area contributed by atoms with Crippen LogP contribution < -0.4 is 14.2 Å². The third kappa shape index (κ3) is 2.80. The number of benzene rings is 1. The standard InChI is InChI=1S/C16H15ClN4O5/c1-24-8-4-7(5-9(25-2)12(8)26-3)6-21-14-10(11(22)15(21)23)13(17)19-16(18)20-14/h4-5,10,18H,6H2,1-3H3. The first-order chi connectivity index (χ1) is 12.4. The lowest BCUT2D eigenvalue weighted by molar-refractivity contribution is -0.140. The molecular weight excluding hydrogens is 364 g/mol. The molecule has 1 saturated heterocycles. The van der Waals surface area contributed by atoms with Gasteiger partial charge < -0.3 is 14.2 Å². The molecule has 10 heteroatoms. The number of amides is 1. The van der Waals surface area contributed by atoms with Crippen LogP contribution in [-0.2, 0) is 16.1 Å². The number of ketones is 1. The van der Waals surface area contributed by atoms with Crippen LogP contribution in [0.15, 0.2) is 22.1 Å². The highest BCUT2D eigenvalue weighted by Crippen LogP contribution is 2.39. The monoisotopic (exact) mass is 378 g/mol. The Hall–Kier alpha value is -2.94. The second-order valence-corrected chi connectivity index (χ2v) is 5.84. The van der Waals surface area contributed by atoms with Gasteiger partial charge in [0.15, 0.2) is 11.5 Å². The second kappa shape index (κ2) is 6.75. The Morgan fingerprint density at radius 3 is 2.27 bits per heavy atom. The number of hydrogen-bond acceptors (Lipinski definition) is 6. The molecule has 1 fully saturated rings. The normalized spacial score (nSPS) is 19.2. The van der Waals surface area contributed by atoms with Crippen molar-refractivity contribution in [1.82, 2.24) is 4.90 Å². The molecule has 9 nitrogen and oxygen atoms in total. The van der Waals surface area contributed by atoms with Crippen LogP contribution in [0.5, 0.6) is 17.2 Å². The lowest BCUT2D eigenvalue weighted by Gasteiger charge is -2.21. The van der Waals surface area contributed by atoms with Crippen molar-refractivity contribution in [3.8, 4) is 17.2 Å². The molecule has 0 aromatic heterocycles. The predicted molar refractivity (Wildman–Crippen MR) is 93.6 cm³/mol. The molecule has 26 heavy (non-hydrogen) atoms. The summed E-state index contributed by atoms with van der Waals surface area (Å²) in [5.41, 5.74) is 0.620. The molecule has 2 aliphatic rings. The van der Waals surface area contributed by atoms with E-state index in [2.05, 4.69) is 9.98 Å². The van der Waals surface area contributed by atoms with E-state index in [0.717, 1.165) is 0 Å². The van der Waals surface area contributed by atoms with Gasteiger partial charge in [-0.25, -0.2) is 4.99 Å². The number of fused-ring (bicyclic) bond motifs is 1. The number of rotatable bonds is 5. The number of carbonyl (C=O) groups excluding carboxylic acids is 2. The van der Waals surface area contributed by atoms with E-state index in [-0.39, 0.29) is 23.5 Å². The molecule has 1 N–H and O–H groups in total. The molecule has 0 saturated carbocycles. The largest absolute Gasteiger partial charge is 0.493 e. The summed E-state index contributed by atoms with van der Waals surface area (Å²) in [5, 5.41) is 7.45. The summed E-state index contributed by atoms with van der Waals surface area (Å²) in [5.74, 6) is -1.57. The van der Waals surface area contributed by atoms with Gasteiger partial charge in [0.1, 0.15) is 16.9 Å². The third-order valence-corrected chi connectivity index (χ3v) is 4.29. The van der Waals surface area contributed by atoms with Crippen LogP contribution in [0.1, 0.15) is 5.56 Å². The second-order valence-electron chi connectivity index (χ2n) is 5.45. The van der Waals surface area contributed by atoms with Crippen molar-refractivity contribution in [2.45, 2.75) is 6.54 Å². The van der Waals surface area contributed by atoms with Crippen molar-refractivity contribution < 1.29 is 23.8 Å². The average molecular weight is 379 g/mol. The van der Waals surface area contributed by atoms with Gasteiger partial charge in [-0.1, -0.05) is 11.6 Å². The molecule has 1 atom stereocenters. The van der Waals surface area contributed by atoms with Crippen LogP contribution in [0.4, 0.5) is 0 Å². The van der Waals surface area contributed by atoms with Crippen molar-refractivity contribution >= 4 is 40.3 Å². The Bertz CT molecular complexity index is 854. The van der Waals surface area contributed by atoms with Gasteiger partial charge in [0.25, 0.3) is 5.91 Å². The number of nitrogens with one attached hydrogen (secondary N) is 1. The highest BCUT2D eigenvalue weighted by molar-refractivity contribution is 6.74. The van der Waals surface area contributed by atoms with E-state index in [1.165, 1.54) is 26.2 Å². The molecule has 3 rings (SSSR count). The van der Waals surface area contributed by atoms with Gasteiger partial charge in [-0.15, -0.1) is 0 Å². The van der Waals surface area contributed by atoms with E-state index in [9.17, 15) is 9.59 Å². The summed E-state index contributed by atoms with van der Waals surface area (Å²) in [6.45, 7) is 0.0219. The van der Waals surface area contributed by atoms with Crippen LogP contribution in [-0.4, -0.2) is 54.9 Å². The first-order valence-corrected chi connectivity index (χ1v) is 7.84. The minimum atomic E-state index is -1.06. The summed E-state index contributed by atoms with van der Waals surface area (Å²) in [6, 6.07) is 3.33. The maximum atomic E-state index is 12.4. The molecule has 2 aliphatic heterocycles. The van der Waals surface area contributed by atoms with E-state index in [1.807, 2.05) is 0 Å². The zero-order valence-corrected chi connectivity index (χ0v) is 15.0. The average Bonchev–Trinajstić information content (AvgIpc) is 2.85. The fourth-order valence-corrected chi connectivity index (χ4v) is 3.11. The number of methoxy groups -OCH3 is 3. The fraction of sp³-hybridized carbons (Fsp3) is 0.312. The summed E-state index contributed by atoms with van der Waals surface area (Å²) in [4.78, 5) is 33.4. The van der Waals surface area contributed by atoms with E-state index in [1.54, 1.807) is 12.1 Å². The number of nitrogens with zero attached hydrogens (tertiary/aromatic N) is 3. The number of guanidine groups is 1. The fourth-order valence-electron chi connectivity index (χ4n) is 2.83. The van der Waals surface area contributed by atoms with E-state index >= 15 is 0 Å². The van der Waals surface area contributed by atoms with Crippen molar-refractivity contribution in [3.05, 3.63) is 17.7 Å². The lowest BCUT2D eigenvalue weighted by Crippen LogP contribution is -2.34. The minimum Gasteiger partial charge on any atom is -0.493 e. The minimum absolute atomic E-state index is 0.0219. The van der Waals surface area contributed by atoms with Gasteiger partial charge in [0.2, 0.25) is 17.5 Å². The van der Waals surface area contributed by atoms with Gasteiger partial charge in [-0.2, -0.15) is 4.99 Å². The zero-order valence-electron chi connectivity index (χ0n) is 14.2. The number of halogens is 1. The summed E-state index contributed by atoms with van der Waals surface area (Å²) < 4.78 is 15.9. The molecule has 2 heterocycles. The van der Waals surface area contributed by atoms with E-state index in [0.29, 0.717) is 22.8 Å². The van der Waals surface area contributed by atoms with Crippen LogP contribution in [0.25, 0.3) is 0 Å². The van der Waals surface area contributed by atoms with Crippen molar-refractivity contribution in [2.75, 3.05) is 21.3 Å². The molecular formula is C16H15ClN4O5. The number of amidine groups is 1. The Morgan fingerprint density at radius 1 is 1.12 bits per heavy atom. The summed E-state index contributed by atoms with van der Waals surface area (Å²) >= 11 is 5.95. The number of aliphatic imine (C=N–C) groups is 2. The Labute approximate surface area is 153 Å². The smallest absolute Gasteiger partial charge is 0.296 e. The Kier molecular flexibility index (Phi) is 4.64. The highest BCUT2D eigenvalue weighted by Gasteiger charge is 2.49. The first kappa shape index (κ1) is 17.9. The van der Waals surface area contributed by atoms with Gasteiger partial charge in [0.05, 0.1) is 27.9 Å². The molecule has 0 radical (unpaired) electrons. The first-order valence-electron chi connectivity index (χ1n) is 7.47. The number of likely N-dealkylation sites (tertiary alicyclic amines) is 1. The molecule has 0 bridgehead atoms. The van der Waals surface area contributed by atoms with Crippen LogP contribution in [0.3, 0.4) is 0 Å². The Balaban J connectivity index is 2.00. The van der Waals surface area contributed by atoms with Crippen LogP contribution in [0, 0.1) is 11.3 Å². The quantitative estimate of drug-likeness (QED) is 0.774. The zero-order chi connectivity index (χ0) is 19.0. The van der Waals surface area contributed by atoms with E-state index in [4.69, 9.17) is 31.2 Å². The molecule has 1 unspecified atom stereocenters. The molecule has 136 valence electrons. The molecule has 1 aromatic carbocycles. The molecule has 1 amide bonds. The number of Topliss-reactive ketones (excluding diaryl/α,β-unsaturated/α-hetero) is 1. The number of hydrogen-bond donors (Lipinski definition) is 1. The maximum Gasteiger partial charge on any atom is 0.296 e. The van der Waals surface area contributed by atoms with Gasteiger partial charge in [-0.05, 0) is 17.7 Å². The molecule has 0 spiro atoms. The summed E-state index contributed by atoms with van der Waals surface area (Å²) in [7, 11) is 4.44. The van der Waals surface area contributed by atoms with Gasteiger partial charge in [-0.3, -0.25) is 19.9 Å². The van der Waals surface area contributed by atoms with Gasteiger partial charge in [0, 0.05) is 0 Å². The van der Waals surface area contributed by atoms with E-state index < -0.39 is 17.6 Å². The Morgan fingerprint density at radius 2 is 1.73 bits per heavy atom.